The number of benzene rings is 1. The highest BCUT2D eigenvalue weighted by Crippen LogP contribution is 2.26. The minimum Gasteiger partial charge on any atom is -0.403 e. The molecule has 0 aliphatic heterocycles. The van der Waals surface area contributed by atoms with E-state index in [0.29, 0.717) is 12.4 Å². The number of aromatic nitrogens is 2. The lowest BCUT2D eigenvalue weighted by atomic mass is 10.1. The van der Waals surface area contributed by atoms with E-state index >= 15 is 0 Å². The number of hydrogen-bond acceptors (Lipinski definition) is 6. The van der Waals surface area contributed by atoms with Crippen LogP contribution in [0.2, 0.25) is 0 Å². The van der Waals surface area contributed by atoms with Gasteiger partial charge in [0.05, 0.1) is 17.5 Å². The first kappa shape index (κ1) is 12.7. The summed E-state index contributed by atoms with van der Waals surface area (Å²) in [5, 5.41) is 19.9. The molecule has 0 saturated heterocycles. The third kappa shape index (κ3) is 2.91. The van der Waals surface area contributed by atoms with Crippen LogP contribution in [0.4, 0.5) is 11.7 Å². The van der Waals surface area contributed by atoms with E-state index in [2.05, 4.69) is 15.5 Å². The molecule has 0 aliphatic rings. The SMILES string of the molecule is Nc1nnc(-c2ccccc2NCC(O)CCl)o1. The van der Waals surface area contributed by atoms with E-state index in [1.807, 2.05) is 24.3 Å². The zero-order valence-corrected chi connectivity index (χ0v) is 10.3. The van der Waals surface area contributed by atoms with Crippen LogP contribution in [0, 0.1) is 0 Å². The third-order valence-electron chi connectivity index (χ3n) is 2.30. The Morgan fingerprint density at radius 1 is 1.39 bits per heavy atom. The van der Waals surface area contributed by atoms with Gasteiger partial charge in [0.15, 0.2) is 0 Å². The maximum atomic E-state index is 9.42. The van der Waals surface area contributed by atoms with Crippen molar-refractivity contribution in [2.45, 2.75) is 6.10 Å². The molecule has 1 aromatic carbocycles. The minimum atomic E-state index is -0.618. The van der Waals surface area contributed by atoms with Crippen LogP contribution in [-0.2, 0) is 0 Å². The lowest BCUT2D eigenvalue weighted by Gasteiger charge is -2.12. The topological polar surface area (TPSA) is 97.2 Å². The second kappa shape index (κ2) is 5.70. The number of nitrogens with zero attached hydrogens (tertiary/aromatic N) is 2. The first-order chi connectivity index (χ1) is 8.70. The Hall–Kier alpha value is -1.79. The van der Waals surface area contributed by atoms with Crippen LogP contribution in [0.5, 0.6) is 0 Å². The molecule has 1 atom stereocenters. The zero-order valence-electron chi connectivity index (χ0n) is 9.51. The summed E-state index contributed by atoms with van der Waals surface area (Å²) >= 11 is 5.53. The van der Waals surface area contributed by atoms with E-state index in [9.17, 15) is 5.11 Å². The van der Waals surface area contributed by atoms with Gasteiger partial charge in [-0.25, -0.2) is 0 Å². The molecule has 0 saturated carbocycles. The first-order valence-corrected chi connectivity index (χ1v) is 5.90. The Balaban J connectivity index is 2.20. The molecule has 6 nitrogen and oxygen atoms in total. The quantitative estimate of drug-likeness (QED) is 0.708. The number of nitrogens with two attached hydrogens (primary N) is 1. The summed E-state index contributed by atoms with van der Waals surface area (Å²) in [6.07, 6.45) is -0.618. The van der Waals surface area contributed by atoms with Crippen molar-refractivity contribution in [2.24, 2.45) is 0 Å². The molecule has 0 amide bonds. The largest absolute Gasteiger partial charge is 0.403 e. The van der Waals surface area contributed by atoms with E-state index in [0.717, 1.165) is 11.3 Å². The standard InChI is InChI=1S/C11H13ClN4O2/c12-5-7(17)6-14-9-4-2-1-3-8(9)10-15-16-11(13)18-10/h1-4,7,14,17H,5-6H2,(H2,13,16). The molecule has 2 rings (SSSR count). The van der Waals surface area contributed by atoms with Gasteiger partial charge < -0.3 is 20.6 Å². The fraction of sp³-hybridized carbons (Fsp3) is 0.273. The molecule has 1 aromatic heterocycles. The van der Waals surface area contributed by atoms with Gasteiger partial charge in [-0.3, -0.25) is 0 Å². The van der Waals surface area contributed by atoms with Gasteiger partial charge >= 0.3 is 6.01 Å². The molecule has 0 spiro atoms. The van der Waals surface area contributed by atoms with Crippen LogP contribution in [0.25, 0.3) is 11.5 Å². The molecule has 2 aromatic rings. The number of anilines is 2. The molecular formula is C11H13ClN4O2. The molecule has 0 aliphatic carbocycles. The van der Waals surface area contributed by atoms with Crippen molar-refractivity contribution in [2.75, 3.05) is 23.5 Å². The molecule has 1 heterocycles. The Bertz CT molecular complexity index is 517. The van der Waals surface area contributed by atoms with Crippen LogP contribution in [0.3, 0.4) is 0 Å². The highest BCUT2D eigenvalue weighted by Gasteiger charge is 2.11. The number of halogens is 1. The van der Waals surface area contributed by atoms with Crippen molar-refractivity contribution in [1.29, 1.82) is 0 Å². The molecule has 0 radical (unpaired) electrons. The van der Waals surface area contributed by atoms with Gasteiger partial charge in [-0.05, 0) is 12.1 Å². The second-order valence-corrected chi connectivity index (χ2v) is 3.99. The van der Waals surface area contributed by atoms with Gasteiger partial charge in [0.2, 0.25) is 0 Å². The lowest BCUT2D eigenvalue weighted by Crippen LogP contribution is -2.21. The summed E-state index contributed by atoms with van der Waals surface area (Å²) in [7, 11) is 0. The molecule has 0 fully saturated rings. The number of nitrogens with one attached hydrogen (secondary N) is 1. The van der Waals surface area contributed by atoms with Crippen LogP contribution >= 0.6 is 11.6 Å². The van der Waals surface area contributed by atoms with Crippen molar-refractivity contribution >= 4 is 23.3 Å². The molecule has 4 N–H and O–H groups in total. The van der Waals surface area contributed by atoms with E-state index in [-0.39, 0.29) is 11.9 Å². The molecule has 1 unspecified atom stereocenters. The summed E-state index contributed by atoms with van der Waals surface area (Å²) in [5.41, 5.74) is 6.89. The lowest BCUT2D eigenvalue weighted by molar-refractivity contribution is 0.211. The molecular weight excluding hydrogens is 256 g/mol. The van der Waals surface area contributed by atoms with Gasteiger partial charge in [-0.2, -0.15) is 0 Å². The van der Waals surface area contributed by atoms with Crippen LogP contribution < -0.4 is 11.1 Å². The van der Waals surface area contributed by atoms with Gasteiger partial charge in [0.25, 0.3) is 5.89 Å². The van der Waals surface area contributed by atoms with E-state index in [1.54, 1.807) is 0 Å². The van der Waals surface area contributed by atoms with Crippen LogP contribution in [0.1, 0.15) is 0 Å². The van der Waals surface area contributed by atoms with Gasteiger partial charge in [-0.1, -0.05) is 17.2 Å². The number of para-hydroxylation sites is 1. The predicted molar refractivity (Wildman–Crippen MR) is 69.4 cm³/mol. The predicted octanol–water partition coefficient (Wildman–Crippen LogP) is 1.33. The number of hydrogen-bond donors (Lipinski definition) is 3. The average molecular weight is 269 g/mol. The number of alkyl halides is 1. The van der Waals surface area contributed by atoms with Crippen molar-refractivity contribution in [3.63, 3.8) is 0 Å². The van der Waals surface area contributed by atoms with Gasteiger partial charge in [-0.15, -0.1) is 16.7 Å². The summed E-state index contributed by atoms with van der Waals surface area (Å²) < 4.78 is 5.17. The fourth-order valence-electron chi connectivity index (χ4n) is 1.45. The van der Waals surface area contributed by atoms with Crippen molar-refractivity contribution in [3.05, 3.63) is 24.3 Å². The van der Waals surface area contributed by atoms with Gasteiger partial charge in [0, 0.05) is 12.2 Å². The second-order valence-electron chi connectivity index (χ2n) is 3.68. The van der Waals surface area contributed by atoms with E-state index in [4.69, 9.17) is 21.8 Å². The summed E-state index contributed by atoms with van der Waals surface area (Å²) in [5.74, 6) is 0.499. The smallest absolute Gasteiger partial charge is 0.313 e. The van der Waals surface area contributed by atoms with Crippen molar-refractivity contribution < 1.29 is 9.52 Å². The molecule has 96 valence electrons. The highest BCUT2D eigenvalue weighted by atomic mass is 35.5. The Morgan fingerprint density at radius 3 is 2.83 bits per heavy atom. The first-order valence-electron chi connectivity index (χ1n) is 5.37. The summed E-state index contributed by atoms with van der Waals surface area (Å²) in [6.45, 7) is 0.337. The Kier molecular flexibility index (Phi) is 4.01. The average Bonchev–Trinajstić information content (AvgIpc) is 2.83. The maximum absolute atomic E-state index is 9.42. The Morgan fingerprint density at radius 2 is 2.17 bits per heavy atom. The monoisotopic (exact) mass is 268 g/mol. The third-order valence-corrected chi connectivity index (χ3v) is 2.66. The molecule has 7 heteroatoms. The van der Waals surface area contributed by atoms with E-state index < -0.39 is 6.10 Å². The minimum absolute atomic E-state index is 0.0144. The van der Waals surface area contributed by atoms with Gasteiger partial charge in [0.1, 0.15) is 0 Å². The normalized spacial score (nSPS) is 12.3. The van der Waals surface area contributed by atoms with E-state index in [1.165, 1.54) is 0 Å². The number of aliphatic hydroxyl groups is 1. The van der Waals surface area contributed by atoms with Crippen molar-refractivity contribution in [3.8, 4) is 11.5 Å². The van der Waals surface area contributed by atoms with Crippen LogP contribution in [-0.4, -0.2) is 33.8 Å². The highest BCUT2D eigenvalue weighted by molar-refractivity contribution is 6.18. The fourth-order valence-corrected chi connectivity index (χ4v) is 1.56. The van der Waals surface area contributed by atoms with Crippen LogP contribution in [0.15, 0.2) is 28.7 Å². The number of nitrogen functional groups attached to an aromatic ring is 1. The maximum Gasteiger partial charge on any atom is 0.313 e. The number of rotatable bonds is 5. The molecule has 18 heavy (non-hydrogen) atoms. The zero-order chi connectivity index (χ0) is 13.0. The summed E-state index contributed by atoms with van der Waals surface area (Å²) in [4.78, 5) is 0. The number of aliphatic hydroxyl groups excluding tert-OH is 1. The Labute approximate surface area is 109 Å². The molecule has 0 bridgehead atoms. The summed E-state index contributed by atoms with van der Waals surface area (Å²) in [6, 6.07) is 7.39. The van der Waals surface area contributed by atoms with Crippen molar-refractivity contribution in [1.82, 2.24) is 10.2 Å².